The lowest BCUT2D eigenvalue weighted by Crippen LogP contribution is -2.35. The Balaban J connectivity index is 2.17. The molecule has 1 heterocycles. The zero-order valence-electron chi connectivity index (χ0n) is 13.1. The van der Waals surface area contributed by atoms with Gasteiger partial charge in [0.05, 0.1) is 0 Å². The van der Waals surface area contributed by atoms with Crippen molar-refractivity contribution in [1.29, 1.82) is 0 Å². The Morgan fingerprint density at radius 3 is 2.82 bits per heavy atom. The van der Waals surface area contributed by atoms with Crippen LogP contribution in [0.5, 0.6) is 0 Å². The summed E-state index contributed by atoms with van der Waals surface area (Å²) in [5.41, 5.74) is 0.993. The molecule has 5 heteroatoms. The van der Waals surface area contributed by atoms with Crippen molar-refractivity contribution in [3.63, 3.8) is 0 Å². The minimum Gasteiger partial charge on any atom is -0.325 e. The van der Waals surface area contributed by atoms with Crippen LogP contribution >= 0.6 is 35.0 Å². The summed E-state index contributed by atoms with van der Waals surface area (Å²) in [5, 5.41) is 1.29. The second-order valence-electron chi connectivity index (χ2n) is 5.67. The number of halogens is 2. The van der Waals surface area contributed by atoms with Crippen molar-refractivity contribution in [3.8, 4) is 0 Å². The molecule has 0 aromatic heterocycles. The lowest BCUT2D eigenvalue weighted by molar-refractivity contribution is -0.136. The highest BCUT2D eigenvalue weighted by molar-refractivity contribution is 7.99. The maximum atomic E-state index is 12.9. The van der Waals surface area contributed by atoms with E-state index in [1.807, 2.05) is 17.0 Å². The second-order valence-corrected chi connectivity index (χ2v) is 7.70. The summed E-state index contributed by atoms with van der Waals surface area (Å²) in [7, 11) is 0. The topological polar surface area (TPSA) is 20.3 Å². The van der Waals surface area contributed by atoms with Crippen molar-refractivity contribution >= 4 is 40.9 Å². The predicted molar refractivity (Wildman–Crippen MR) is 96.7 cm³/mol. The van der Waals surface area contributed by atoms with Crippen LogP contribution in [0.15, 0.2) is 18.2 Å². The highest BCUT2D eigenvalue weighted by Gasteiger charge is 2.34. The third kappa shape index (κ3) is 4.12. The first-order valence-corrected chi connectivity index (χ1v) is 9.76. The molecule has 1 fully saturated rings. The Kier molecular flexibility index (Phi) is 6.91. The van der Waals surface area contributed by atoms with E-state index in [2.05, 4.69) is 13.8 Å². The van der Waals surface area contributed by atoms with E-state index < -0.39 is 0 Å². The summed E-state index contributed by atoms with van der Waals surface area (Å²) in [4.78, 5) is 14.9. The van der Waals surface area contributed by atoms with Crippen LogP contribution in [0.3, 0.4) is 0 Å². The molecule has 0 saturated carbocycles. The van der Waals surface area contributed by atoms with Crippen molar-refractivity contribution in [2.45, 2.75) is 44.9 Å². The summed E-state index contributed by atoms with van der Waals surface area (Å²) in [6.07, 6.45) is 4.12. The van der Waals surface area contributed by atoms with E-state index in [0.717, 1.165) is 43.5 Å². The second kappa shape index (κ2) is 8.47. The van der Waals surface area contributed by atoms with Gasteiger partial charge in [-0.25, -0.2) is 0 Å². The smallest absolute Gasteiger partial charge is 0.226 e. The number of benzene rings is 1. The molecule has 22 heavy (non-hydrogen) atoms. The van der Waals surface area contributed by atoms with Gasteiger partial charge in [-0.2, -0.15) is 0 Å². The monoisotopic (exact) mass is 359 g/mol. The molecule has 2 atom stereocenters. The number of hydrogen-bond acceptors (Lipinski definition) is 2. The zero-order chi connectivity index (χ0) is 16.1. The van der Waals surface area contributed by atoms with Gasteiger partial charge in [0.15, 0.2) is 0 Å². The summed E-state index contributed by atoms with van der Waals surface area (Å²) in [6, 6.07) is 5.55. The van der Waals surface area contributed by atoms with Crippen LogP contribution in [0.2, 0.25) is 10.0 Å². The lowest BCUT2D eigenvalue weighted by Gasteiger charge is -2.28. The lowest BCUT2D eigenvalue weighted by atomic mass is 9.97. The molecule has 0 N–H and O–H groups in total. The Bertz CT molecular complexity index is 523. The number of unbranched alkanes of at least 4 members (excludes halogenated alkanes) is 1. The van der Waals surface area contributed by atoms with Gasteiger partial charge in [0.2, 0.25) is 5.91 Å². The quantitative estimate of drug-likeness (QED) is 0.640. The van der Waals surface area contributed by atoms with Gasteiger partial charge in [-0.15, -0.1) is 11.8 Å². The fourth-order valence-corrected chi connectivity index (χ4v) is 4.72. The van der Waals surface area contributed by atoms with Crippen molar-refractivity contribution in [2.75, 3.05) is 12.3 Å². The van der Waals surface area contributed by atoms with E-state index in [4.69, 9.17) is 23.2 Å². The first kappa shape index (κ1) is 18.0. The summed E-state index contributed by atoms with van der Waals surface area (Å²) in [5.74, 6) is 1.36. The Morgan fingerprint density at radius 1 is 1.41 bits per heavy atom. The molecule has 1 amide bonds. The van der Waals surface area contributed by atoms with E-state index in [-0.39, 0.29) is 17.2 Å². The number of hydrogen-bond donors (Lipinski definition) is 0. The third-order valence-electron chi connectivity index (χ3n) is 4.15. The number of amides is 1. The molecule has 1 saturated heterocycles. The molecule has 0 radical (unpaired) electrons. The van der Waals surface area contributed by atoms with Crippen molar-refractivity contribution in [1.82, 2.24) is 4.90 Å². The van der Waals surface area contributed by atoms with Gasteiger partial charge in [-0.3, -0.25) is 4.79 Å². The molecule has 2 rings (SSSR count). The van der Waals surface area contributed by atoms with Crippen molar-refractivity contribution < 1.29 is 4.79 Å². The number of carbonyl (C=O) groups is 1. The van der Waals surface area contributed by atoms with E-state index in [0.29, 0.717) is 10.0 Å². The van der Waals surface area contributed by atoms with Crippen LogP contribution in [-0.2, 0) is 4.79 Å². The summed E-state index contributed by atoms with van der Waals surface area (Å²) in [6.45, 7) is 5.07. The normalized spacial score (nSPS) is 19.5. The van der Waals surface area contributed by atoms with Crippen LogP contribution in [0.4, 0.5) is 0 Å². The van der Waals surface area contributed by atoms with Gasteiger partial charge >= 0.3 is 0 Å². The molecule has 0 spiro atoms. The first-order chi connectivity index (χ1) is 10.6. The van der Waals surface area contributed by atoms with Crippen molar-refractivity contribution in [3.05, 3.63) is 33.8 Å². The molecular weight excluding hydrogens is 337 g/mol. The molecular formula is C17H23Cl2NOS. The van der Waals surface area contributed by atoms with Gasteiger partial charge in [0.25, 0.3) is 0 Å². The number of carbonyl (C=O) groups excluding carboxylic acids is 1. The molecule has 0 unspecified atom stereocenters. The summed E-state index contributed by atoms with van der Waals surface area (Å²) >= 11 is 14.1. The predicted octanol–water partition coefficient (Wildman–Crippen LogP) is 5.78. The molecule has 0 bridgehead atoms. The number of rotatable bonds is 6. The average molecular weight is 360 g/mol. The number of thioether (sulfide) groups is 1. The van der Waals surface area contributed by atoms with Crippen LogP contribution in [0.1, 0.15) is 50.5 Å². The standard InChI is InChI=1S/C17H23Cl2NOS/c1-3-5-6-12(4-2)16(21)20-9-10-22-17(20)14-8-7-13(18)11-15(14)19/h7-8,11-12,17H,3-6,9-10H2,1-2H3/t12-,17+/m0/s1. The molecule has 1 aliphatic heterocycles. The summed E-state index contributed by atoms with van der Waals surface area (Å²) < 4.78 is 0. The fraction of sp³-hybridized carbons (Fsp3) is 0.588. The zero-order valence-corrected chi connectivity index (χ0v) is 15.5. The maximum Gasteiger partial charge on any atom is 0.226 e. The highest BCUT2D eigenvalue weighted by Crippen LogP contribution is 2.42. The van der Waals surface area contributed by atoms with Crippen LogP contribution in [0.25, 0.3) is 0 Å². The molecule has 2 nitrogen and oxygen atoms in total. The fourth-order valence-electron chi connectivity index (χ4n) is 2.84. The number of nitrogens with zero attached hydrogens (tertiary/aromatic N) is 1. The van der Waals surface area contributed by atoms with Gasteiger partial charge in [-0.05, 0) is 25.0 Å². The minimum absolute atomic E-state index is 0.0212. The van der Waals surface area contributed by atoms with Crippen LogP contribution in [0, 0.1) is 5.92 Å². The maximum absolute atomic E-state index is 12.9. The van der Waals surface area contributed by atoms with E-state index in [1.165, 1.54) is 0 Å². The molecule has 1 aromatic carbocycles. The molecule has 0 aliphatic carbocycles. The SMILES string of the molecule is CCCC[C@H](CC)C(=O)N1CCS[C@@H]1c1ccc(Cl)cc1Cl. The molecule has 122 valence electrons. The van der Waals surface area contributed by atoms with Crippen LogP contribution < -0.4 is 0 Å². The Hall–Kier alpha value is -0.380. The highest BCUT2D eigenvalue weighted by atomic mass is 35.5. The van der Waals surface area contributed by atoms with Gasteiger partial charge in [0.1, 0.15) is 5.37 Å². The Morgan fingerprint density at radius 2 is 2.18 bits per heavy atom. The minimum atomic E-state index is 0.0212. The van der Waals surface area contributed by atoms with Gasteiger partial charge in [-0.1, -0.05) is 56.0 Å². The molecule has 1 aromatic rings. The van der Waals surface area contributed by atoms with Gasteiger partial charge < -0.3 is 4.90 Å². The first-order valence-electron chi connectivity index (χ1n) is 7.95. The van der Waals surface area contributed by atoms with Crippen molar-refractivity contribution in [2.24, 2.45) is 5.92 Å². The van der Waals surface area contributed by atoms with Crippen LogP contribution in [-0.4, -0.2) is 23.1 Å². The van der Waals surface area contributed by atoms with E-state index in [1.54, 1.807) is 17.8 Å². The van der Waals surface area contributed by atoms with E-state index in [9.17, 15) is 4.79 Å². The largest absolute Gasteiger partial charge is 0.325 e. The van der Waals surface area contributed by atoms with Gasteiger partial charge in [0, 0.05) is 33.8 Å². The third-order valence-corrected chi connectivity index (χ3v) is 5.96. The van der Waals surface area contributed by atoms with E-state index >= 15 is 0 Å². The molecule has 1 aliphatic rings. The average Bonchev–Trinajstić information content (AvgIpc) is 2.97. The Labute approximate surface area is 147 Å².